The first-order valence-electron chi connectivity index (χ1n) is 4.55. The van der Waals surface area contributed by atoms with Crippen LogP contribution < -0.4 is 10.5 Å². The Balaban J connectivity index is 2.55. The van der Waals surface area contributed by atoms with E-state index in [9.17, 15) is 4.79 Å². The lowest BCUT2D eigenvalue weighted by atomic mass is 10.5. The lowest BCUT2D eigenvalue weighted by Gasteiger charge is -1.92. The molecule has 0 amide bonds. The highest BCUT2D eigenvalue weighted by atomic mass is 32.1. The summed E-state index contributed by atoms with van der Waals surface area (Å²) in [7, 11) is 0. The molecular weight excluding hydrogens is 212 g/mol. The highest BCUT2D eigenvalue weighted by Crippen LogP contribution is 2.02. The van der Waals surface area contributed by atoms with E-state index in [1.54, 1.807) is 16.8 Å². The van der Waals surface area contributed by atoms with E-state index in [-0.39, 0.29) is 5.69 Å². The zero-order valence-corrected chi connectivity index (χ0v) is 8.99. The van der Waals surface area contributed by atoms with Gasteiger partial charge in [0.05, 0.1) is 0 Å². The maximum atomic E-state index is 11.3. The van der Waals surface area contributed by atoms with E-state index >= 15 is 0 Å². The summed E-state index contributed by atoms with van der Waals surface area (Å²) in [5.74, 6) is 0.606. The Labute approximate surface area is 89.9 Å². The smallest absolute Gasteiger partial charge is 0.268 e. The number of hydrogen-bond donors (Lipinski definition) is 1. The third-order valence-electron chi connectivity index (χ3n) is 1.88. The van der Waals surface area contributed by atoms with Crippen molar-refractivity contribution in [2.45, 2.75) is 13.5 Å². The number of rotatable bonds is 2. The van der Waals surface area contributed by atoms with Gasteiger partial charge in [0.2, 0.25) is 4.80 Å². The van der Waals surface area contributed by atoms with Gasteiger partial charge in [-0.3, -0.25) is 8.94 Å². The van der Waals surface area contributed by atoms with Gasteiger partial charge in [0.25, 0.3) is 0 Å². The molecule has 0 aromatic carbocycles. The molecule has 0 radical (unpaired) electrons. The van der Waals surface area contributed by atoms with Crippen LogP contribution >= 0.6 is 11.5 Å². The van der Waals surface area contributed by atoms with Crippen LogP contribution in [0.5, 0.6) is 0 Å². The first kappa shape index (κ1) is 9.85. The van der Waals surface area contributed by atoms with Gasteiger partial charge in [-0.2, -0.15) is 4.99 Å². The van der Waals surface area contributed by atoms with E-state index in [1.807, 2.05) is 19.1 Å². The molecule has 78 valence electrons. The van der Waals surface area contributed by atoms with E-state index in [4.69, 9.17) is 0 Å². The van der Waals surface area contributed by atoms with Crippen molar-refractivity contribution >= 4 is 17.4 Å². The van der Waals surface area contributed by atoms with E-state index < -0.39 is 0 Å². The Morgan fingerprint density at radius 3 is 3.13 bits per heavy atom. The fourth-order valence-corrected chi connectivity index (χ4v) is 1.92. The third-order valence-corrected chi connectivity index (χ3v) is 2.65. The van der Waals surface area contributed by atoms with E-state index in [0.29, 0.717) is 17.2 Å². The number of nitrogens with zero attached hydrogens (tertiary/aromatic N) is 3. The monoisotopic (exact) mass is 222 g/mol. The lowest BCUT2D eigenvalue weighted by Crippen LogP contribution is -2.25. The maximum Gasteiger partial charge on any atom is 0.337 e. The summed E-state index contributed by atoms with van der Waals surface area (Å²) in [5.41, 5.74) is -0.128. The maximum absolute atomic E-state index is 11.3. The molecule has 0 bridgehead atoms. The average Bonchev–Trinajstić information content (AvgIpc) is 2.61. The zero-order chi connectivity index (χ0) is 10.7. The van der Waals surface area contributed by atoms with Crippen LogP contribution in [0.15, 0.2) is 34.2 Å². The van der Waals surface area contributed by atoms with Crippen molar-refractivity contribution in [2.24, 2.45) is 4.99 Å². The van der Waals surface area contributed by atoms with Gasteiger partial charge in [-0.1, -0.05) is 6.07 Å². The summed E-state index contributed by atoms with van der Waals surface area (Å²) in [6.45, 7) is 2.50. The van der Waals surface area contributed by atoms with Gasteiger partial charge in [0, 0.05) is 12.7 Å². The Kier molecular flexibility index (Phi) is 2.77. The number of pyridine rings is 1. The fourth-order valence-electron chi connectivity index (χ4n) is 1.17. The Bertz CT molecular complexity index is 551. The van der Waals surface area contributed by atoms with Crippen molar-refractivity contribution in [1.82, 2.24) is 13.9 Å². The van der Waals surface area contributed by atoms with Crippen LogP contribution in [0.1, 0.15) is 6.92 Å². The Morgan fingerprint density at radius 2 is 2.47 bits per heavy atom. The number of aromatic amines is 1. The minimum atomic E-state index is -0.128. The second-order valence-electron chi connectivity index (χ2n) is 2.84. The van der Waals surface area contributed by atoms with Crippen LogP contribution in [0.2, 0.25) is 0 Å². The molecule has 2 rings (SSSR count). The Hall–Kier alpha value is -1.69. The molecule has 0 saturated heterocycles. The molecular formula is C9H10N4OS. The van der Waals surface area contributed by atoms with Crippen LogP contribution in [0, 0.1) is 0 Å². The number of nitrogens with one attached hydrogen (secondary N) is 1. The zero-order valence-electron chi connectivity index (χ0n) is 8.17. The summed E-state index contributed by atoms with van der Waals surface area (Å²) in [5, 5.41) is 0. The first-order valence-corrected chi connectivity index (χ1v) is 5.37. The summed E-state index contributed by atoms with van der Waals surface area (Å²) in [4.78, 5) is 20.3. The topological polar surface area (TPSA) is 63.0 Å². The van der Waals surface area contributed by atoms with Crippen LogP contribution in [0.25, 0.3) is 0 Å². The van der Waals surface area contributed by atoms with Crippen molar-refractivity contribution in [3.63, 3.8) is 0 Å². The molecule has 0 unspecified atom stereocenters. The van der Waals surface area contributed by atoms with E-state index in [2.05, 4.69) is 14.3 Å². The third kappa shape index (κ3) is 2.04. The minimum Gasteiger partial charge on any atom is -0.268 e. The van der Waals surface area contributed by atoms with E-state index in [1.165, 1.54) is 11.5 Å². The number of hydrogen-bond acceptors (Lipinski definition) is 4. The molecule has 0 fully saturated rings. The molecule has 0 aliphatic heterocycles. The lowest BCUT2D eigenvalue weighted by molar-refractivity contribution is 0.697. The largest absolute Gasteiger partial charge is 0.337 e. The molecule has 0 saturated carbocycles. The van der Waals surface area contributed by atoms with Gasteiger partial charge in [0.15, 0.2) is 5.82 Å². The predicted molar refractivity (Wildman–Crippen MR) is 58.1 cm³/mol. The molecule has 5 nitrogen and oxygen atoms in total. The SMILES string of the molecule is CCn1c(=O)[nH]s/c1=N\c1ccccn1. The van der Waals surface area contributed by atoms with Crippen molar-refractivity contribution in [2.75, 3.05) is 0 Å². The van der Waals surface area contributed by atoms with Crippen LogP contribution in [0.4, 0.5) is 5.82 Å². The second kappa shape index (κ2) is 4.22. The molecule has 0 aliphatic carbocycles. The van der Waals surface area contributed by atoms with Crippen LogP contribution in [-0.2, 0) is 6.54 Å². The Morgan fingerprint density at radius 1 is 1.60 bits per heavy atom. The van der Waals surface area contributed by atoms with Crippen molar-refractivity contribution in [3.05, 3.63) is 39.7 Å². The van der Waals surface area contributed by atoms with Gasteiger partial charge < -0.3 is 0 Å². The normalized spacial score (nSPS) is 11.9. The highest BCUT2D eigenvalue weighted by molar-refractivity contribution is 7.02. The van der Waals surface area contributed by atoms with Gasteiger partial charge in [-0.15, -0.1) is 0 Å². The number of aromatic nitrogens is 3. The van der Waals surface area contributed by atoms with Crippen molar-refractivity contribution < 1.29 is 0 Å². The van der Waals surface area contributed by atoms with Gasteiger partial charge in [-0.25, -0.2) is 9.78 Å². The molecule has 15 heavy (non-hydrogen) atoms. The summed E-state index contributed by atoms with van der Waals surface area (Å²) in [6, 6.07) is 5.48. The molecule has 2 aromatic heterocycles. The van der Waals surface area contributed by atoms with E-state index in [0.717, 1.165) is 0 Å². The van der Waals surface area contributed by atoms with Crippen LogP contribution in [0.3, 0.4) is 0 Å². The number of H-pyrrole nitrogens is 1. The van der Waals surface area contributed by atoms with Gasteiger partial charge in [0.1, 0.15) is 0 Å². The van der Waals surface area contributed by atoms with Crippen molar-refractivity contribution in [3.8, 4) is 0 Å². The van der Waals surface area contributed by atoms with Crippen LogP contribution in [-0.4, -0.2) is 13.9 Å². The first-order chi connectivity index (χ1) is 7.31. The van der Waals surface area contributed by atoms with Gasteiger partial charge >= 0.3 is 5.69 Å². The van der Waals surface area contributed by atoms with Gasteiger partial charge in [-0.05, 0) is 30.6 Å². The molecule has 0 spiro atoms. The fraction of sp³-hybridized carbons (Fsp3) is 0.222. The molecule has 1 N–H and O–H groups in total. The summed E-state index contributed by atoms with van der Waals surface area (Å²) < 4.78 is 4.20. The molecule has 2 heterocycles. The van der Waals surface area contributed by atoms with Crippen molar-refractivity contribution in [1.29, 1.82) is 0 Å². The standard InChI is InChI=1S/C9H10N4OS/c1-2-13-8(14)12-15-9(13)11-7-5-3-4-6-10-7/h3-6H,2H2,1H3,(H,12,14)/b11-9-. The summed E-state index contributed by atoms with van der Waals surface area (Å²) >= 11 is 1.21. The predicted octanol–water partition coefficient (Wildman–Crippen LogP) is 0.885. The molecule has 0 aliphatic rings. The highest BCUT2D eigenvalue weighted by Gasteiger charge is 1.98. The molecule has 2 aromatic rings. The summed E-state index contributed by atoms with van der Waals surface area (Å²) in [6.07, 6.45) is 1.67. The quantitative estimate of drug-likeness (QED) is 0.820. The minimum absolute atomic E-state index is 0.128. The molecule has 6 heteroatoms. The molecule has 0 atom stereocenters. The average molecular weight is 222 g/mol. The second-order valence-corrected chi connectivity index (χ2v) is 3.61.